The molecule has 2 aromatic heterocycles. The molecular formula is C37H61N11O7. The van der Waals surface area contributed by atoms with E-state index in [9.17, 15) is 19.7 Å². The Kier molecular flexibility index (Phi) is 17.3. The van der Waals surface area contributed by atoms with Crippen LogP contribution in [0.5, 0.6) is 12.0 Å². The second-order valence-corrected chi connectivity index (χ2v) is 14.6. The number of Topliss-reactive ketones (excluding diaryl/α,β-unsaturated/α-hetero) is 1. The van der Waals surface area contributed by atoms with Gasteiger partial charge < -0.3 is 45.7 Å². The minimum atomic E-state index is -0.625. The molecule has 0 atom stereocenters. The van der Waals surface area contributed by atoms with E-state index in [4.69, 9.17) is 25.7 Å². The van der Waals surface area contributed by atoms with E-state index in [0.29, 0.717) is 56.4 Å². The van der Waals surface area contributed by atoms with Crippen molar-refractivity contribution in [2.75, 3.05) is 101 Å². The fourth-order valence-corrected chi connectivity index (χ4v) is 6.88. The van der Waals surface area contributed by atoms with Crippen molar-refractivity contribution in [3.63, 3.8) is 0 Å². The summed E-state index contributed by atoms with van der Waals surface area (Å²) in [7, 11) is 3.37. The average molecular weight is 772 g/mol. The third-order valence-corrected chi connectivity index (χ3v) is 10.3. The SMILES string of the molecule is CCCCOc1nc(N)c([N+](=O)[O-])c(N(CCC2CCN(C)CC2)CC(=O)OC)n1.CCCCOc1nc(N)c2c(n1)N(CCC1CCNCC1)CC(=O)C2. The molecule has 2 fully saturated rings. The van der Waals surface area contributed by atoms with Gasteiger partial charge in [-0.1, -0.05) is 26.7 Å². The number of likely N-dealkylation sites (tertiary alicyclic amines) is 1. The first-order valence-electron chi connectivity index (χ1n) is 19.7. The van der Waals surface area contributed by atoms with Crippen LogP contribution in [0.25, 0.3) is 0 Å². The maximum absolute atomic E-state index is 12.1. The molecule has 0 amide bonds. The number of nitro groups is 1. The lowest BCUT2D eigenvalue weighted by molar-refractivity contribution is -0.383. The fraction of sp³-hybridized carbons (Fsp3) is 0.730. The number of ether oxygens (including phenoxy) is 3. The van der Waals surface area contributed by atoms with Crippen LogP contribution in [-0.2, 0) is 20.7 Å². The molecular weight excluding hydrogens is 710 g/mol. The highest BCUT2D eigenvalue weighted by atomic mass is 16.6. The molecule has 5 heterocycles. The van der Waals surface area contributed by atoms with Gasteiger partial charge in [0.05, 0.1) is 31.8 Å². The highest BCUT2D eigenvalue weighted by molar-refractivity contribution is 5.91. The number of methoxy groups -OCH3 is 1. The monoisotopic (exact) mass is 771 g/mol. The lowest BCUT2D eigenvalue weighted by atomic mass is 9.93. The normalized spacial score (nSPS) is 16.5. The van der Waals surface area contributed by atoms with Gasteiger partial charge in [-0.05, 0) is 96.4 Å². The van der Waals surface area contributed by atoms with Gasteiger partial charge in [0.2, 0.25) is 11.6 Å². The summed E-state index contributed by atoms with van der Waals surface area (Å²) in [5.41, 5.74) is 12.3. The van der Waals surface area contributed by atoms with E-state index >= 15 is 0 Å². The molecule has 0 spiro atoms. The smallest absolute Gasteiger partial charge is 0.353 e. The molecule has 0 unspecified atom stereocenters. The number of esters is 1. The Balaban J connectivity index is 0.000000248. The number of nitrogen functional groups attached to an aromatic ring is 2. The lowest BCUT2D eigenvalue weighted by Crippen LogP contribution is -2.39. The Morgan fingerprint density at radius 1 is 0.945 bits per heavy atom. The number of hydrogen-bond acceptors (Lipinski definition) is 17. The largest absolute Gasteiger partial charge is 0.468 e. The number of rotatable bonds is 18. The van der Waals surface area contributed by atoms with Gasteiger partial charge in [0.1, 0.15) is 18.2 Å². The zero-order valence-corrected chi connectivity index (χ0v) is 33.1. The Hall–Kier alpha value is -4.58. The Bertz CT molecular complexity index is 1550. The van der Waals surface area contributed by atoms with Crippen LogP contribution in [0.1, 0.15) is 83.6 Å². The topological polar surface area (TPSA) is 230 Å². The second kappa shape index (κ2) is 22.1. The third-order valence-electron chi connectivity index (χ3n) is 10.3. The molecule has 0 bridgehead atoms. The molecule has 0 saturated carbocycles. The minimum absolute atomic E-state index is 0.0164. The van der Waals surface area contributed by atoms with Crippen molar-refractivity contribution in [3.8, 4) is 12.0 Å². The summed E-state index contributed by atoms with van der Waals surface area (Å²) in [6.07, 6.45) is 10.4. The summed E-state index contributed by atoms with van der Waals surface area (Å²) in [4.78, 5) is 58.1. The van der Waals surface area contributed by atoms with Gasteiger partial charge in [-0.15, -0.1) is 0 Å². The predicted octanol–water partition coefficient (Wildman–Crippen LogP) is 3.42. The van der Waals surface area contributed by atoms with Crippen LogP contribution in [0, 0.1) is 22.0 Å². The van der Waals surface area contributed by atoms with Crippen molar-refractivity contribution in [3.05, 3.63) is 15.7 Å². The van der Waals surface area contributed by atoms with E-state index in [1.54, 1.807) is 4.90 Å². The van der Waals surface area contributed by atoms with Crippen molar-refractivity contribution in [2.24, 2.45) is 11.8 Å². The number of nitrogens with zero attached hydrogens (tertiary/aromatic N) is 8. The van der Waals surface area contributed by atoms with E-state index in [1.165, 1.54) is 20.0 Å². The molecule has 3 aliphatic rings. The van der Waals surface area contributed by atoms with Gasteiger partial charge in [-0.3, -0.25) is 19.7 Å². The van der Waals surface area contributed by atoms with Gasteiger partial charge in [0.25, 0.3) is 0 Å². The number of carbonyl (C=O) groups is 2. The highest BCUT2D eigenvalue weighted by Crippen LogP contribution is 2.34. The Morgan fingerprint density at radius 3 is 2.18 bits per heavy atom. The molecule has 3 aliphatic heterocycles. The molecule has 5 N–H and O–H groups in total. The molecule has 18 heteroatoms. The van der Waals surface area contributed by atoms with Crippen LogP contribution in [0.15, 0.2) is 0 Å². The van der Waals surface area contributed by atoms with Crippen LogP contribution >= 0.6 is 0 Å². The van der Waals surface area contributed by atoms with Gasteiger partial charge >= 0.3 is 23.7 Å². The maximum Gasteiger partial charge on any atom is 0.353 e. The first kappa shape index (κ1) is 43.2. The van der Waals surface area contributed by atoms with Crippen molar-refractivity contribution >= 4 is 40.7 Å². The summed E-state index contributed by atoms with van der Waals surface area (Å²) in [6, 6.07) is 0.293. The first-order chi connectivity index (χ1) is 26.5. The van der Waals surface area contributed by atoms with Crippen molar-refractivity contribution in [1.82, 2.24) is 30.2 Å². The third kappa shape index (κ3) is 13.3. The summed E-state index contributed by atoms with van der Waals surface area (Å²) in [5, 5.41) is 15.1. The molecule has 2 saturated heterocycles. The van der Waals surface area contributed by atoms with Gasteiger partial charge in [0, 0.05) is 25.1 Å². The summed E-state index contributed by atoms with van der Waals surface area (Å²) < 4.78 is 15.9. The van der Waals surface area contributed by atoms with Gasteiger partial charge in [-0.2, -0.15) is 19.9 Å². The van der Waals surface area contributed by atoms with E-state index in [0.717, 1.165) is 95.5 Å². The van der Waals surface area contributed by atoms with Gasteiger partial charge in [0.15, 0.2) is 5.78 Å². The van der Waals surface area contributed by atoms with E-state index < -0.39 is 16.6 Å². The quantitative estimate of drug-likeness (QED) is 0.0853. The van der Waals surface area contributed by atoms with Crippen LogP contribution in [0.4, 0.5) is 29.0 Å². The van der Waals surface area contributed by atoms with E-state index in [2.05, 4.69) is 49.0 Å². The van der Waals surface area contributed by atoms with Crippen molar-refractivity contribution in [2.45, 2.75) is 84.5 Å². The van der Waals surface area contributed by atoms with Crippen LogP contribution < -0.4 is 36.1 Å². The molecule has 2 aromatic rings. The minimum Gasteiger partial charge on any atom is -0.468 e. The van der Waals surface area contributed by atoms with E-state index in [-0.39, 0.29) is 30.0 Å². The number of anilines is 4. The molecule has 306 valence electrons. The van der Waals surface area contributed by atoms with Crippen LogP contribution in [-0.4, -0.2) is 121 Å². The number of carbonyl (C=O) groups excluding carboxylic acids is 2. The Morgan fingerprint density at radius 2 is 1.56 bits per heavy atom. The summed E-state index contributed by atoms with van der Waals surface area (Å²) >= 11 is 0. The van der Waals surface area contributed by atoms with Gasteiger partial charge in [-0.25, -0.2) is 0 Å². The second-order valence-electron chi connectivity index (χ2n) is 14.6. The van der Waals surface area contributed by atoms with Crippen LogP contribution in [0.3, 0.4) is 0 Å². The summed E-state index contributed by atoms with van der Waals surface area (Å²) in [5.74, 6) is 1.69. The molecule has 55 heavy (non-hydrogen) atoms. The molecule has 0 aromatic carbocycles. The maximum atomic E-state index is 12.1. The zero-order valence-electron chi connectivity index (χ0n) is 33.1. The standard InChI is InChI=1S/C19H32N6O5.C18H29N5O2/c1-4-5-12-30-19-21-17(20)16(25(27)28)18(22-19)24(13-15(26)29-3)11-8-14-6-9-23(2)10-7-14;1-2-3-10-25-18-21-16(19)15-11-14(24)12-23(17(15)22-18)9-6-13-4-7-20-8-5-13/h14H,4-13H2,1-3H3,(H2,20,21,22);13,20H,2-12H2,1H3,(H2,19,21,22). The number of fused-ring (bicyclic) bond motifs is 1. The highest BCUT2D eigenvalue weighted by Gasteiger charge is 2.31. The number of ketones is 1. The first-order valence-corrected chi connectivity index (χ1v) is 19.7. The predicted molar refractivity (Wildman–Crippen MR) is 211 cm³/mol. The molecule has 0 radical (unpaired) electrons. The molecule has 0 aliphatic carbocycles. The summed E-state index contributed by atoms with van der Waals surface area (Å²) in [6.45, 7) is 10.8. The fourth-order valence-electron chi connectivity index (χ4n) is 6.88. The number of nitrogens with one attached hydrogen (secondary N) is 1. The molecule has 18 nitrogen and oxygen atoms in total. The lowest BCUT2D eigenvalue weighted by Gasteiger charge is -2.32. The number of piperidine rings is 2. The van der Waals surface area contributed by atoms with Crippen molar-refractivity contribution < 1.29 is 28.7 Å². The average Bonchev–Trinajstić information content (AvgIpc) is 3.17. The van der Waals surface area contributed by atoms with Crippen LogP contribution in [0.2, 0.25) is 0 Å². The number of nitrogens with two attached hydrogens (primary N) is 2. The van der Waals surface area contributed by atoms with E-state index in [1.807, 2.05) is 6.92 Å². The Labute approximate surface area is 324 Å². The molecule has 5 rings (SSSR count). The number of hydrogen-bond donors (Lipinski definition) is 3. The number of aromatic nitrogens is 4. The number of unbranched alkanes of at least 4 members (excludes halogenated alkanes) is 2. The zero-order chi connectivity index (χ0) is 39.7. The van der Waals surface area contributed by atoms with Crippen molar-refractivity contribution in [1.29, 1.82) is 0 Å².